The van der Waals surface area contributed by atoms with Gasteiger partial charge >= 0.3 is 5.63 Å². The number of benzene rings is 1. The highest BCUT2D eigenvalue weighted by molar-refractivity contribution is 5.98. The Balaban J connectivity index is 1.99. The van der Waals surface area contributed by atoms with Gasteiger partial charge in [-0.1, -0.05) is 12.1 Å². The molecule has 1 aromatic carbocycles. The van der Waals surface area contributed by atoms with Crippen LogP contribution < -0.4 is 14.9 Å². The van der Waals surface area contributed by atoms with Gasteiger partial charge < -0.3 is 9.15 Å². The molecular formula is C18H16NO4+. The van der Waals surface area contributed by atoms with Crippen LogP contribution in [0.2, 0.25) is 0 Å². The molecule has 3 aromatic rings. The van der Waals surface area contributed by atoms with E-state index < -0.39 is 5.63 Å². The molecule has 2 aromatic heterocycles. The van der Waals surface area contributed by atoms with Crippen molar-refractivity contribution in [1.29, 1.82) is 0 Å². The van der Waals surface area contributed by atoms with E-state index in [1.165, 1.54) is 7.11 Å². The number of hydrogen-bond acceptors (Lipinski definition) is 4. The predicted octanol–water partition coefficient (Wildman–Crippen LogP) is 2.28. The van der Waals surface area contributed by atoms with Crippen LogP contribution >= 0.6 is 0 Å². The Morgan fingerprint density at radius 3 is 2.65 bits per heavy atom. The number of fused-ring (bicyclic) bond motifs is 1. The maximum absolute atomic E-state index is 12.4. The summed E-state index contributed by atoms with van der Waals surface area (Å²) in [6, 6.07) is 10.6. The minimum Gasteiger partial charge on any atom is -0.493 e. The molecule has 0 aliphatic heterocycles. The number of hydrogen-bond donors (Lipinski definition) is 0. The van der Waals surface area contributed by atoms with Crippen molar-refractivity contribution in [2.75, 3.05) is 7.11 Å². The SMILES string of the molecule is COc1cccc2cc(C(=O)C[n+]3ccc(C)cc3)c(=O)oc12. The number of rotatable bonds is 4. The van der Waals surface area contributed by atoms with Gasteiger partial charge in [0.25, 0.3) is 0 Å². The zero-order chi connectivity index (χ0) is 16.4. The van der Waals surface area contributed by atoms with Gasteiger partial charge in [0.05, 0.1) is 7.11 Å². The molecule has 0 atom stereocenters. The number of carbonyl (C=O) groups is 1. The number of ketones is 1. The van der Waals surface area contributed by atoms with Gasteiger partial charge in [0.2, 0.25) is 12.3 Å². The summed E-state index contributed by atoms with van der Waals surface area (Å²) in [6.45, 7) is 2.05. The Morgan fingerprint density at radius 1 is 1.22 bits per heavy atom. The number of pyridine rings is 1. The highest BCUT2D eigenvalue weighted by Crippen LogP contribution is 2.24. The smallest absolute Gasteiger partial charge is 0.347 e. The average Bonchev–Trinajstić information content (AvgIpc) is 2.55. The lowest BCUT2D eigenvalue weighted by Crippen LogP contribution is -2.38. The van der Waals surface area contributed by atoms with Gasteiger partial charge in [-0.3, -0.25) is 4.79 Å². The molecule has 116 valence electrons. The molecule has 23 heavy (non-hydrogen) atoms. The second-order valence-electron chi connectivity index (χ2n) is 5.30. The van der Waals surface area contributed by atoms with Crippen LogP contribution in [-0.4, -0.2) is 12.9 Å². The lowest BCUT2D eigenvalue weighted by atomic mass is 10.1. The molecular weight excluding hydrogens is 294 g/mol. The number of para-hydroxylation sites is 1. The highest BCUT2D eigenvalue weighted by atomic mass is 16.5. The molecule has 0 fully saturated rings. The van der Waals surface area contributed by atoms with E-state index in [-0.39, 0.29) is 17.9 Å². The molecule has 3 rings (SSSR count). The molecule has 5 heteroatoms. The van der Waals surface area contributed by atoms with Crippen LogP contribution in [0.1, 0.15) is 15.9 Å². The molecule has 0 radical (unpaired) electrons. The Bertz CT molecular complexity index is 926. The van der Waals surface area contributed by atoms with Crippen molar-refractivity contribution in [1.82, 2.24) is 0 Å². The third-order valence-electron chi connectivity index (χ3n) is 3.63. The molecule has 5 nitrogen and oxygen atoms in total. The fourth-order valence-corrected chi connectivity index (χ4v) is 2.36. The first-order valence-electron chi connectivity index (χ1n) is 7.18. The fourth-order valence-electron chi connectivity index (χ4n) is 2.36. The van der Waals surface area contributed by atoms with Crippen molar-refractivity contribution in [3.8, 4) is 5.75 Å². The summed E-state index contributed by atoms with van der Waals surface area (Å²) in [4.78, 5) is 24.5. The van der Waals surface area contributed by atoms with Crippen molar-refractivity contribution in [3.05, 3.63) is 70.3 Å². The van der Waals surface area contributed by atoms with E-state index >= 15 is 0 Å². The van der Waals surface area contributed by atoms with Crippen LogP contribution in [-0.2, 0) is 6.54 Å². The third kappa shape index (κ3) is 2.99. The van der Waals surface area contributed by atoms with Crippen LogP contribution in [0.15, 0.2) is 58.0 Å². The minimum absolute atomic E-state index is 0.0406. The number of nitrogens with zero attached hydrogens (tertiary/aromatic N) is 1. The highest BCUT2D eigenvalue weighted by Gasteiger charge is 2.18. The molecule has 0 saturated carbocycles. The zero-order valence-electron chi connectivity index (χ0n) is 12.9. The molecule has 2 heterocycles. The summed E-state index contributed by atoms with van der Waals surface area (Å²) in [5.41, 5.74) is 0.837. The molecule has 0 unspecified atom stereocenters. The summed E-state index contributed by atoms with van der Waals surface area (Å²) in [7, 11) is 1.50. The third-order valence-corrected chi connectivity index (χ3v) is 3.63. The standard InChI is InChI=1S/C18H16NO4/c1-12-6-8-19(9-7-12)11-15(20)14-10-13-4-3-5-16(22-2)17(13)23-18(14)21/h3-10H,11H2,1-2H3/q+1. The van der Waals surface area contributed by atoms with Crippen LogP contribution in [0.4, 0.5) is 0 Å². The number of Topliss-reactive ketones (excluding diaryl/α,β-unsaturated/α-hetero) is 1. The lowest BCUT2D eigenvalue weighted by Gasteiger charge is -2.04. The Hall–Kier alpha value is -2.95. The van der Waals surface area contributed by atoms with E-state index in [1.54, 1.807) is 41.2 Å². The molecule has 0 aliphatic carbocycles. The van der Waals surface area contributed by atoms with Gasteiger partial charge in [-0.2, -0.15) is 4.57 Å². The number of ether oxygens (including phenoxy) is 1. The average molecular weight is 310 g/mol. The number of methoxy groups -OCH3 is 1. The van der Waals surface area contributed by atoms with E-state index in [0.29, 0.717) is 16.7 Å². The molecule has 0 spiro atoms. The van der Waals surface area contributed by atoms with Gasteiger partial charge in [-0.05, 0) is 24.6 Å². The topological polar surface area (TPSA) is 60.4 Å². The number of aryl methyl sites for hydroxylation is 1. The molecule has 0 aliphatic rings. The number of aromatic nitrogens is 1. The largest absolute Gasteiger partial charge is 0.493 e. The van der Waals surface area contributed by atoms with Gasteiger partial charge in [0, 0.05) is 17.5 Å². The molecule has 0 bridgehead atoms. The second kappa shape index (κ2) is 6.04. The summed E-state index contributed by atoms with van der Waals surface area (Å²) in [6.07, 6.45) is 3.61. The Labute approximate surface area is 132 Å². The van der Waals surface area contributed by atoms with Crippen LogP contribution in [0.3, 0.4) is 0 Å². The van der Waals surface area contributed by atoms with E-state index in [0.717, 1.165) is 5.56 Å². The van der Waals surface area contributed by atoms with Crippen molar-refractivity contribution >= 4 is 16.8 Å². The normalized spacial score (nSPS) is 10.7. The van der Waals surface area contributed by atoms with Crippen LogP contribution in [0.25, 0.3) is 11.0 Å². The van der Waals surface area contributed by atoms with Gasteiger partial charge in [0.15, 0.2) is 23.7 Å². The van der Waals surface area contributed by atoms with E-state index in [9.17, 15) is 9.59 Å². The predicted molar refractivity (Wildman–Crippen MR) is 84.7 cm³/mol. The quantitative estimate of drug-likeness (QED) is 0.421. The molecule has 0 saturated heterocycles. The maximum atomic E-state index is 12.4. The maximum Gasteiger partial charge on any atom is 0.347 e. The summed E-state index contributed by atoms with van der Waals surface area (Å²) in [5, 5.41) is 0.654. The van der Waals surface area contributed by atoms with E-state index in [2.05, 4.69) is 0 Å². The summed E-state index contributed by atoms with van der Waals surface area (Å²) in [5.74, 6) is 0.170. The van der Waals surface area contributed by atoms with Gasteiger partial charge in [-0.15, -0.1) is 0 Å². The van der Waals surface area contributed by atoms with Crippen molar-refractivity contribution < 1.29 is 18.5 Å². The first-order chi connectivity index (χ1) is 11.1. The van der Waals surface area contributed by atoms with Gasteiger partial charge in [0.1, 0.15) is 5.56 Å². The minimum atomic E-state index is -0.653. The van der Waals surface area contributed by atoms with Crippen LogP contribution in [0, 0.1) is 6.92 Å². The van der Waals surface area contributed by atoms with Crippen molar-refractivity contribution in [2.24, 2.45) is 0 Å². The molecule has 0 amide bonds. The van der Waals surface area contributed by atoms with Crippen molar-refractivity contribution in [2.45, 2.75) is 13.5 Å². The zero-order valence-corrected chi connectivity index (χ0v) is 12.9. The van der Waals surface area contributed by atoms with Crippen LogP contribution in [0.5, 0.6) is 5.75 Å². The monoisotopic (exact) mass is 310 g/mol. The fraction of sp³-hybridized carbons (Fsp3) is 0.167. The number of carbonyl (C=O) groups excluding carboxylic acids is 1. The lowest BCUT2D eigenvalue weighted by molar-refractivity contribution is -0.683. The summed E-state index contributed by atoms with van der Waals surface area (Å²) >= 11 is 0. The Morgan fingerprint density at radius 2 is 1.96 bits per heavy atom. The van der Waals surface area contributed by atoms with Crippen molar-refractivity contribution in [3.63, 3.8) is 0 Å². The molecule has 0 N–H and O–H groups in total. The summed E-state index contributed by atoms with van der Waals surface area (Å²) < 4.78 is 12.2. The first kappa shape index (κ1) is 15.0. The first-order valence-corrected chi connectivity index (χ1v) is 7.18. The van der Waals surface area contributed by atoms with Gasteiger partial charge in [-0.25, -0.2) is 4.79 Å². The van der Waals surface area contributed by atoms with E-state index in [1.807, 2.05) is 19.1 Å². The second-order valence-corrected chi connectivity index (χ2v) is 5.30. The Kier molecular flexibility index (Phi) is 3.93. The van der Waals surface area contributed by atoms with E-state index in [4.69, 9.17) is 9.15 Å².